The predicted molar refractivity (Wildman–Crippen MR) is 139 cm³/mol. The predicted octanol–water partition coefficient (Wildman–Crippen LogP) is 3.06. The van der Waals surface area contributed by atoms with E-state index in [9.17, 15) is 18.0 Å². The van der Waals surface area contributed by atoms with E-state index in [1.807, 2.05) is 0 Å². The maximum Gasteiger partial charge on any atom is 0.418 e. The summed E-state index contributed by atoms with van der Waals surface area (Å²) < 4.78 is 54.9. The van der Waals surface area contributed by atoms with E-state index in [1.165, 1.54) is 36.0 Å². The number of rotatable bonds is 6. The van der Waals surface area contributed by atoms with Crippen LogP contribution in [0.5, 0.6) is 0 Å². The number of H-pyrrole nitrogens is 1. The third-order valence-electron chi connectivity index (χ3n) is 5.85. The summed E-state index contributed by atoms with van der Waals surface area (Å²) >= 11 is 12.9. The molecule has 1 saturated heterocycles. The van der Waals surface area contributed by atoms with Crippen LogP contribution in [0.4, 0.5) is 13.2 Å². The van der Waals surface area contributed by atoms with Crippen LogP contribution in [0.25, 0.3) is 11.4 Å². The number of hydrogen-bond donors (Lipinski definition) is 4. The van der Waals surface area contributed by atoms with E-state index in [0.717, 1.165) is 28.2 Å². The van der Waals surface area contributed by atoms with Crippen LogP contribution in [0, 0.1) is 0 Å². The molecule has 2 unspecified atom stereocenters. The smallest absolute Gasteiger partial charge is 0.396 e. The molecule has 3 aromatic rings. The second kappa shape index (κ2) is 12.3. The number of nitrogens with one attached hydrogen (secondary N) is 2. The highest BCUT2D eigenvalue weighted by Gasteiger charge is 2.40. The Morgan fingerprint density at radius 2 is 2.10 bits per heavy atom. The molecule has 4 rings (SSSR count). The Hall–Kier alpha value is -2.63. The van der Waals surface area contributed by atoms with Crippen LogP contribution in [0.15, 0.2) is 40.8 Å². The van der Waals surface area contributed by atoms with E-state index in [-0.39, 0.29) is 51.8 Å². The molecule has 0 amide bonds. The van der Waals surface area contributed by atoms with Crippen LogP contribution in [0.2, 0.25) is 10.0 Å². The highest BCUT2D eigenvalue weighted by Crippen LogP contribution is 2.40. The Morgan fingerprint density at radius 1 is 1.36 bits per heavy atom. The van der Waals surface area contributed by atoms with E-state index in [0.29, 0.717) is 5.69 Å². The third-order valence-corrected chi connectivity index (χ3v) is 7.24. The van der Waals surface area contributed by atoms with Gasteiger partial charge in [-0.05, 0) is 18.2 Å². The van der Waals surface area contributed by atoms with Crippen molar-refractivity contribution in [3.8, 4) is 5.69 Å². The molecule has 212 valence electrons. The molecule has 17 heteroatoms. The molecule has 0 spiro atoms. The topological polar surface area (TPSA) is 146 Å². The molecule has 0 radical (unpaired) electrons. The summed E-state index contributed by atoms with van der Waals surface area (Å²) in [6.45, 7) is 0.329. The molecule has 3 atom stereocenters. The lowest BCUT2D eigenvalue weighted by Crippen LogP contribution is -2.51. The molecule has 1 fully saturated rings. The Bertz CT molecular complexity index is 1380. The average Bonchev–Trinajstić information content (AvgIpc) is 3.54. The van der Waals surface area contributed by atoms with Gasteiger partial charge in [-0.1, -0.05) is 34.5 Å². The number of benzene rings is 1. The van der Waals surface area contributed by atoms with Gasteiger partial charge < -0.3 is 25.2 Å². The lowest BCUT2D eigenvalue weighted by atomic mass is 10.0. The van der Waals surface area contributed by atoms with Crippen molar-refractivity contribution >= 4 is 40.2 Å². The standard InChI is InChI=1S/C22H24Cl2F3N7O4S/c1-36-19-18(33(29)8-14(28)15-10-39-21(35)32-15)9-38-31-4-5-37-20(19)16-2-3-30-34(16)17-7-13(24)12(23)6-11(17)22(25,26)27/h2-3,6-8,10,18-20,31H,4-5,9,28-29H2,1H3,(H,32,35)/b14-8-/t18-,19?,20?/m1/s1. The van der Waals surface area contributed by atoms with Crippen molar-refractivity contribution in [1.82, 2.24) is 25.3 Å². The molecule has 6 N–H and O–H groups in total. The van der Waals surface area contributed by atoms with Crippen LogP contribution in [-0.2, 0) is 20.5 Å². The molecule has 2 aromatic heterocycles. The van der Waals surface area contributed by atoms with E-state index < -0.39 is 30.0 Å². The lowest BCUT2D eigenvalue weighted by molar-refractivity contribution is -0.137. The first-order chi connectivity index (χ1) is 18.5. The number of hydroxylamine groups is 1. The minimum atomic E-state index is -4.76. The Kier molecular flexibility index (Phi) is 9.23. The quantitative estimate of drug-likeness (QED) is 0.245. The van der Waals surface area contributed by atoms with Gasteiger partial charge in [0.15, 0.2) is 0 Å². The van der Waals surface area contributed by atoms with Crippen molar-refractivity contribution in [2.24, 2.45) is 11.6 Å². The Labute approximate surface area is 233 Å². The minimum Gasteiger partial charge on any atom is -0.396 e. The second-order valence-electron chi connectivity index (χ2n) is 8.31. The summed E-state index contributed by atoms with van der Waals surface area (Å²) in [6.07, 6.45) is -3.94. The maximum absolute atomic E-state index is 14.0. The lowest BCUT2D eigenvalue weighted by Gasteiger charge is -2.36. The third kappa shape index (κ3) is 6.58. The number of nitrogens with two attached hydrogens (primary N) is 2. The van der Waals surface area contributed by atoms with Crippen molar-refractivity contribution in [3.05, 3.63) is 72.6 Å². The van der Waals surface area contributed by atoms with Crippen molar-refractivity contribution in [1.29, 1.82) is 0 Å². The van der Waals surface area contributed by atoms with Gasteiger partial charge in [0.1, 0.15) is 12.2 Å². The van der Waals surface area contributed by atoms with E-state index in [1.54, 1.807) is 0 Å². The van der Waals surface area contributed by atoms with Gasteiger partial charge in [0, 0.05) is 31.4 Å². The molecule has 1 aromatic carbocycles. The number of aromatic amines is 1. The minimum absolute atomic E-state index is 0.0342. The summed E-state index contributed by atoms with van der Waals surface area (Å²) in [5.74, 6) is 6.36. The fourth-order valence-electron chi connectivity index (χ4n) is 4.04. The summed E-state index contributed by atoms with van der Waals surface area (Å²) in [5.41, 5.74) is 8.21. The van der Waals surface area contributed by atoms with E-state index >= 15 is 0 Å². The number of alkyl halides is 3. The summed E-state index contributed by atoms with van der Waals surface area (Å²) in [5, 5.41) is 6.56. The number of nitrogens with zero attached hydrogens (tertiary/aromatic N) is 3. The van der Waals surface area contributed by atoms with E-state index in [2.05, 4.69) is 15.6 Å². The number of thiazole rings is 1. The summed E-state index contributed by atoms with van der Waals surface area (Å²) in [4.78, 5) is 19.3. The van der Waals surface area contributed by atoms with Crippen molar-refractivity contribution in [3.63, 3.8) is 0 Å². The van der Waals surface area contributed by atoms with Gasteiger partial charge >= 0.3 is 11.0 Å². The van der Waals surface area contributed by atoms with Crippen molar-refractivity contribution in [2.45, 2.75) is 24.4 Å². The molecule has 0 saturated carbocycles. The normalized spacial score (nSPS) is 21.3. The number of methoxy groups -OCH3 is 1. The fraction of sp³-hybridized carbons (Fsp3) is 0.364. The zero-order valence-electron chi connectivity index (χ0n) is 20.2. The van der Waals surface area contributed by atoms with Crippen LogP contribution < -0.4 is 21.9 Å². The number of halogens is 5. The molecule has 0 aliphatic carbocycles. The first kappa shape index (κ1) is 29.4. The molecule has 3 heterocycles. The van der Waals surface area contributed by atoms with Gasteiger partial charge in [0.2, 0.25) is 0 Å². The van der Waals surface area contributed by atoms with Gasteiger partial charge in [-0.25, -0.2) is 16.0 Å². The van der Waals surface area contributed by atoms with Crippen LogP contribution in [0.1, 0.15) is 23.1 Å². The summed E-state index contributed by atoms with van der Waals surface area (Å²) in [7, 11) is 1.40. The van der Waals surface area contributed by atoms with Gasteiger partial charge in [-0.15, -0.1) is 0 Å². The molecule has 39 heavy (non-hydrogen) atoms. The molecule has 11 nitrogen and oxygen atoms in total. The largest absolute Gasteiger partial charge is 0.418 e. The number of ether oxygens (including phenoxy) is 2. The Morgan fingerprint density at radius 3 is 2.77 bits per heavy atom. The zero-order valence-corrected chi connectivity index (χ0v) is 22.6. The van der Waals surface area contributed by atoms with Crippen LogP contribution in [-0.4, -0.2) is 58.8 Å². The molecular weight excluding hydrogens is 586 g/mol. The molecular formula is C22H24Cl2F3N7O4S. The zero-order chi connectivity index (χ0) is 28.3. The number of hydrogen-bond acceptors (Lipinski definition) is 10. The Balaban J connectivity index is 1.77. The first-order valence-corrected chi connectivity index (χ1v) is 12.9. The maximum atomic E-state index is 14.0. The second-order valence-corrected chi connectivity index (χ2v) is 9.96. The number of aromatic nitrogens is 3. The van der Waals surface area contributed by atoms with Crippen molar-refractivity contribution in [2.75, 3.05) is 26.9 Å². The van der Waals surface area contributed by atoms with Gasteiger partial charge in [-0.2, -0.15) is 18.3 Å². The van der Waals surface area contributed by atoms with Crippen LogP contribution in [0.3, 0.4) is 0 Å². The molecule has 1 aliphatic rings. The van der Waals surface area contributed by atoms with Crippen LogP contribution >= 0.6 is 34.5 Å². The number of hydrazine groups is 1. The van der Waals surface area contributed by atoms with Gasteiger partial charge in [-0.3, -0.25) is 9.63 Å². The average molecular weight is 610 g/mol. The van der Waals surface area contributed by atoms with Crippen molar-refractivity contribution < 1.29 is 27.5 Å². The highest BCUT2D eigenvalue weighted by molar-refractivity contribution is 7.07. The SMILES string of the molecule is COC1C(c2ccnn2-c2cc(Cl)c(Cl)cc2C(F)(F)F)OCCNOC[C@H]1N(N)/C=C(\N)c1csc(=O)[nH]1. The highest BCUT2D eigenvalue weighted by atomic mass is 35.5. The van der Waals surface area contributed by atoms with Gasteiger partial charge in [0.05, 0.1) is 57.6 Å². The molecule has 1 aliphatic heterocycles. The molecule has 0 bridgehead atoms. The summed E-state index contributed by atoms with van der Waals surface area (Å²) in [6, 6.07) is 2.55. The van der Waals surface area contributed by atoms with Gasteiger partial charge in [0.25, 0.3) is 0 Å². The first-order valence-electron chi connectivity index (χ1n) is 11.3. The monoisotopic (exact) mass is 609 g/mol. The fourth-order valence-corrected chi connectivity index (χ4v) is 4.95. The van der Waals surface area contributed by atoms with E-state index in [4.69, 9.17) is 49.1 Å².